The number of esters is 3. The van der Waals surface area contributed by atoms with E-state index in [2.05, 4.69) is 27.7 Å². The van der Waals surface area contributed by atoms with Gasteiger partial charge < -0.3 is 14.2 Å². The van der Waals surface area contributed by atoms with E-state index in [1.165, 1.54) is 148 Å². The van der Waals surface area contributed by atoms with Crippen molar-refractivity contribution < 1.29 is 28.6 Å². The third kappa shape index (κ3) is 39.6. The highest BCUT2D eigenvalue weighted by Gasteiger charge is 2.19. The van der Waals surface area contributed by atoms with Crippen LogP contribution in [0.25, 0.3) is 0 Å². The summed E-state index contributed by atoms with van der Waals surface area (Å²) in [5.74, 6) is -0.0187. The van der Waals surface area contributed by atoms with Gasteiger partial charge in [0.05, 0.1) is 0 Å². The molecule has 0 spiro atoms. The summed E-state index contributed by atoms with van der Waals surface area (Å²) in [5.41, 5.74) is 0. The SMILES string of the molecule is CCCCCCCCCCCC(=O)OC[C@@H](COC(=O)CCCCCCCCCCCCCCCC(C)C)OC(=O)CCCCCCCCCCC. The van der Waals surface area contributed by atoms with Gasteiger partial charge in [-0.2, -0.15) is 0 Å². The molecule has 0 unspecified atom stereocenters. The summed E-state index contributed by atoms with van der Waals surface area (Å²) in [6.07, 6.45) is 39.5. The second-order valence-corrected chi connectivity index (χ2v) is 16.2. The van der Waals surface area contributed by atoms with Crippen LogP contribution in [-0.2, 0) is 28.6 Å². The van der Waals surface area contributed by atoms with Crippen molar-refractivity contribution in [1.29, 1.82) is 0 Å². The van der Waals surface area contributed by atoms with Gasteiger partial charge in [0.1, 0.15) is 13.2 Å². The Morgan fingerprint density at radius 1 is 0.365 bits per heavy atom. The number of carbonyl (C=O) groups excluding carboxylic acids is 3. The van der Waals surface area contributed by atoms with Gasteiger partial charge in [-0.15, -0.1) is 0 Å². The van der Waals surface area contributed by atoms with Crippen molar-refractivity contribution in [2.75, 3.05) is 13.2 Å². The molecule has 0 aliphatic carbocycles. The minimum absolute atomic E-state index is 0.0639. The molecule has 0 heterocycles. The van der Waals surface area contributed by atoms with Crippen molar-refractivity contribution in [2.24, 2.45) is 5.92 Å². The largest absolute Gasteiger partial charge is 0.462 e. The lowest BCUT2D eigenvalue weighted by Crippen LogP contribution is -2.30. The Morgan fingerprint density at radius 2 is 0.635 bits per heavy atom. The summed E-state index contributed by atoms with van der Waals surface area (Å²) in [7, 11) is 0. The molecule has 6 nitrogen and oxygen atoms in total. The van der Waals surface area contributed by atoms with E-state index in [1.54, 1.807) is 0 Å². The van der Waals surface area contributed by atoms with Crippen molar-refractivity contribution >= 4 is 17.9 Å². The van der Waals surface area contributed by atoms with Crippen LogP contribution in [0.15, 0.2) is 0 Å². The first-order chi connectivity index (χ1) is 25.4. The highest BCUT2D eigenvalue weighted by molar-refractivity contribution is 5.71. The minimum Gasteiger partial charge on any atom is -0.462 e. The van der Waals surface area contributed by atoms with Gasteiger partial charge in [0.2, 0.25) is 0 Å². The molecule has 308 valence electrons. The zero-order valence-corrected chi connectivity index (χ0v) is 35.3. The van der Waals surface area contributed by atoms with Crippen molar-refractivity contribution in [3.05, 3.63) is 0 Å². The third-order valence-electron chi connectivity index (χ3n) is 10.3. The molecule has 52 heavy (non-hydrogen) atoms. The van der Waals surface area contributed by atoms with Crippen molar-refractivity contribution in [2.45, 2.75) is 259 Å². The summed E-state index contributed by atoms with van der Waals surface area (Å²) < 4.78 is 16.7. The van der Waals surface area contributed by atoms with Crippen molar-refractivity contribution in [3.63, 3.8) is 0 Å². The Bertz CT molecular complexity index is 781. The first kappa shape index (κ1) is 50.4. The molecule has 0 aromatic rings. The maximum Gasteiger partial charge on any atom is 0.306 e. The quantitative estimate of drug-likeness (QED) is 0.0353. The third-order valence-corrected chi connectivity index (χ3v) is 10.3. The lowest BCUT2D eigenvalue weighted by atomic mass is 10.0. The van der Waals surface area contributed by atoms with E-state index in [-0.39, 0.29) is 31.1 Å². The van der Waals surface area contributed by atoms with Gasteiger partial charge in [-0.05, 0) is 25.2 Å². The Morgan fingerprint density at radius 3 is 0.942 bits per heavy atom. The molecule has 1 atom stereocenters. The number of hydrogen-bond acceptors (Lipinski definition) is 6. The van der Waals surface area contributed by atoms with E-state index in [0.29, 0.717) is 19.3 Å². The molecule has 0 radical (unpaired) electrons. The van der Waals surface area contributed by atoms with Crippen LogP contribution in [0.5, 0.6) is 0 Å². The number of hydrogen-bond donors (Lipinski definition) is 0. The van der Waals surface area contributed by atoms with Gasteiger partial charge in [-0.3, -0.25) is 14.4 Å². The van der Waals surface area contributed by atoms with Gasteiger partial charge in [-0.1, -0.05) is 214 Å². The van der Waals surface area contributed by atoms with Gasteiger partial charge >= 0.3 is 17.9 Å². The molecule has 0 rings (SSSR count). The van der Waals surface area contributed by atoms with Crippen LogP contribution < -0.4 is 0 Å². The van der Waals surface area contributed by atoms with Crippen molar-refractivity contribution in [3.8, 4) is 0 Å². The summed E-state index contributed by atoms with van der Waals surface area (Å²) in [6, 6.07) is 0. The molecule has 0 aliphatic rings. The molecule has 0 N–H and O–H groups in total. The van der Waals surface area contributed by atoms with E-state index in [9.17, 15) is 14.4 Å². The monoisotopic (exact) mass is 737 g/mol. The fourth-order valence-electron chi connectivity index (χ4n) is 6.80. The van der Waals surface area contributed by atoms with Gasteiger partial charge in [0.25, 0.3) is 0 Å². The van der Waals surface area contributed by atoms with Crippen LogP contribution >= 0.6 is 0 Å². The average molecular weight is 737 g/mol. The lowest BCUT2D eigenvalue weighted by Gasteiger charge is -2.18. The predicted molar refractivity (Wildman–Crippen MR) is 220 cm³/mol. The summed E-state index contributed by atoms with van der Waals surface area (Å²) in [6.45, 7) is 8.97. The lowest BCUT2D eigenvalue weighted by molar-refractivity contribution is -0.167. The molecule has 0 aromatic carbocycles. The summed E-state index contributed by atoms with van der Waals surface area (Å²) >= 11 is 0. The van der Waals surface area contributed by atoms with E-state index < -0.39 is 6.10 Å². The fraction of sp³-hybridized carbons (Fsp3) is 0.935. The van der Waals surface area contributed by atoms with Crippen LogP contribution in [0.4, 0.5) is 0 Å². The van der Waals surface area contributed by atoms with Crippen molar-refractivity contribution in [1.82, 2.24) is 0 Å². The van der Waals surface area contributed by atoms with E-state index in [4.69, 9.17) is 14.2 Å². The van der Waals surface area contributed by atoms with Crippen LogP contribution in [0.1, 0.15) is 252 Å². The van der Waals surface area contributed by atoms with Gasteiger partial charge in [0, 0.05) is 19.3 Å². The number of rotatable bonds is 41. The predicted octanol–water partition coefficient (Wildman–Crippen LogP) is 14.3. The second kappa shape index (κ2) is 40.6. The summed E-state index contributed by atoms with van der Waals surface area (Å²) in [5, 5.41) is 0. The maximum atomic E-state index is 12.6. The van der Waals surface area contributed by atoms with E-state index in [1.807, 2.05) is 0 Å². The Kier molecular flexibility index (Phi) is 39.4. The normalized spacial score (nSPS) is 11.9. The topological polar surface area (TPSA) is 78.9 Å². The molecule has 0 saturated carbocycles. The molecule has 0 aromatic heterocycles. The number of ether oxygens (including phenoxy) is 3. The minimum atomic E-state index is -0.757. The Balaban J connectivity index is 4.24. The molecular formula is C46H88O6. The first-order valence-electron chi connectivity index (χ1n) is 22.9. The zero-order chi connectivity index (χ0) is 38.2. The standard InChI is InChI=1S/C46H88O6/c1-5-7-9-11-13-20-25-29-33-37-44(47)50-40-43(52-46(49)39-35-31-27-21-14-12-10-8-6-2)41-51-45(48)38-34-30-26-23-19-17-15-16-18-22-24-28-32-36-42(3)4/h42-43H,5-41H2,1-4H3/t43-/m0/s1. The molecule has 0 bridgehead atoms. The Labute approximate surface area is 323 Å². The molecule has 6 heteroatoms. The molecular weight excluding hydrogens is 649 g/mol. The highest BCUT2D eigenvalue weighted by Crippen LogP contribution is 2.16. The maximum absolute atomic E-state index is 12.6. The Hall–Kier alpha value is -1.59. The molecule has 0 aliphatic heterocycles. The summed E-state index contributed by atoms with van der Waals surface area (Å²) in [4.78, 5) is 37.6. The van der Waals surface area contributed by atoms with Crippen LogP contribution in [0.2, 0.25) is 0 Å². The number of carbonyl (C=O) groups is 3. The smallest absolute Gasteiger partial charge is 0.306 e. The first-order valence-corrected chi connectivity index (χ1v) is 22.9. The van der Waals surface area contributed by atoms with E-state index >= 15 is 0 Å². The second-order valence-electron chi connectivity index (χ2n) is 16.2. The highest BCUT2D eigenvalue weighted by atomic mass is 16.6. The molecule has 0 saturated heterocycles. The molecule has 0 amide bonds. The van der Waals surface area contributed by atoms with Crippen LogP contribution in [0.3, 0.4) is 0 Å². The fourth-order valence-corrected chi connectivity index (χ4v) is 6.80. The van der Waals surface area contributed by atoms with Crippen LogP contribution in [-0.4, -0.2) is 37.2 Å². The average Bonchev–Trinajstić information content (AvgIpc) is 3.12. The van der Waals surface area contributed by atoms with Gasteiger partial charge in [-0.25, -0.2) is 0 Å². The number of unbranched alkanes of at least 4 members (excludes halogenated alkanes) is 28. The zero-order valence-electron chi connectivity index (χ0n) is 35.3. The van der Waals surface area contributed by atoms with Crippen LogP contribution in [0, 0.1) is 5.92 Å². The van der Waals surface area contributed by atoms with E-state index in [0.717, 1.165) is 63.7 Å². The molecule has 0 fully saturated rings. The van der Waals surface area contributed by atoms with Gasteiger partial charge in [0.15, 0.2) is 6.10 Å².